The number of nitrogens with one attached hydrogen (secondary N) is 1. The molecule has 0 saturated heterocycles. The highest BCUT2D eigenvalue weighted by Crippen LogP contribution is 2.32. The van der Waals surface area contributed by atoms with E-state index in [0.29, 0.717) is 24.6 Å². The fourth-order valence-corrected chi connectivity index (χ4v) is 3.05. The summed E-state index contributed by atoms with van der Waals surface area (Å²) in [6.07, 6.45) is 3.02. The van der Waals surface area contributed by atoms with Crippen LogP contribution in [0.15, 0.2) is 24.3 Å². The maximum absolute atomic E-state index is 12.6. The van der Waals surface area contributed by atoms with Crippen molar-refractivity contribution in [1.29, 1.82) is 0 Å². The number of hydrogen-bond acceptors (Lipinski definition) is 5. The Kier molecular flexibility index (Phi) is 5.56. The number of ether oxygens (including phenoxy) is 1. The molecule has 3 rings (SSSR count). The van der Waals surface area contributed by atoms with E-state index in [4.69, 9.17) is 10.5 Å². The van der Waals surface area contributed by atoms with E-state index in [2.05, 4.69) is 15.6 Å². The molecule has 7 heteroatoms. The molecule has 26 heavy (non-hydrogen) atoms. The van der Waals surface area contributed by atoms with E-state index in [1.165, 1.54) is 0 Å². The number of amides is 1. The number of benzene rings is 1. The quantitative estimate of drug-likeness (QED) is 0.754. The molecule has 7 nitrogen and oxygen atoms in total. The molecule has 140 valence electrons. The van der Waals surface area contributed by atoms with E-state index in [1.54, 1.807) is 4.68 Å². The van der Waals surface area contributed by atoms with E-state index in [9.17, 15) is 4.79 Å². The molecule has 1 atom stereocenters. The van der Waals surface area contributed by atoms with Crippen LogP contribution in [-0.2, 0) is 6.42 Å². The summed E-state index contributed by atoms with van der Waals surface area (Å²) in [5.41, 5.74) is 7.79. The topological polar surface area (TPSA) is 95.1 Å². The summed E-state index contributed by atoms with van der Waals surface area (Å²) < 4.78 is 7.38. The zero-order valence-electron chi connectivity index (χ0n) is 15.6. The molecule has 0 radical (unpaired) electrons. The SMILES string of the molecule is CCc1c(C(=O)NC(CN)C2CC2)nnn1-c1ccc(OC(C)C)cc1. The molecule has 0 bridgehead atoms. The minimum absolute atomic E-state index is 0.0184. The van der Waals surface area contributed by atoms with E-state index in [0.717, 1.165) is 30.0 Å². The monoisotopic (exact) mass is 357 g/mol. The lowest BCUT2D eigenvalue weighted by molar-refractivity contribution is 0.0927. The molecule has 1 amide bonds. The van der Waals surface area contributed by atoms with Gasteiger partial charge in [-0.3, -0.25) is 4.79 Å². The molecule has 1 unspecified atom stereocenters. The van der Waals surface area contributed by atoms with Crippen molar-refractivity contribution < 1.29 is 9.53 Å². The van der Waals surface area contributed by atoms with Crippen molar-refractivity contribution in [3.8, 4) is 11.4 Å². The van der Waals surface area contributed by atoms with Crippen molar-refractivity contribution >= 4 is 5.91 Å². The predicted molar refractivity (Wildman–Crippen MR) is 99.5 cm³/mol. The molecule has 1 saturated carbocycles. The highest BCUT2D eigenvalue weighted by Gasteiger charge is 2.32. The van der Waals surface area contributed by atoms with Crippen LogP contribution in [0.25, 0.3) is 5.69 Å². The molecule has 1 aliphatic rings. The lowest BCUT2D eigenvalue weighted by Gasteiger charge is -2.15. The maximum atomic E-state index is 12.6. The van der Waals surface area contributed by atoms with Gasteiger partial charge >= 0.3 is 0 Å². The first-order valence-corrected chi connectivity index (χ1v) is 9.26. The van der Waals surface area contributed by atoms with Crippen molar-refractivity contribution in [3.05, 3.63) is 35.7 Å². The summed E-state index contributed by atoms with van der Waals surface area (Å²) in [5.74, 6) is 1.10. The number of hydrogen-bond donors (Lipinski definition) is 2. The summed E-state index contributed by atoms with van der Waals surface area (Å²) in [4.78, 5) is 12.6. The Morgan fingerprint density at radius 2 is 2.04 bits per heavy atom. The van der Waals surface area contributed by atoms with Crippen LogP contribution in [0.1, 0.15) is 49.8 Å². The number of rotatable bonds is 8. The molecule has 1 heterocycles. The maximum Gasteiger partial charge on any atom is 0.274 e. The summed E-state index contributed by atoms with van der Waals surface area (Å²) in [5, 5.41) is 11.3. The lowest BCUT2D eigenvalue weighted by Crippen LogP contribution is -2.42. The van der Waals surface area contributed by atoms with E-state index in [1.807, 2.05) is 45.0 Å². The molecule has 1 aromatic carbocycles. The number of carbonyl (C=O) groups is 1. The Labute approximate surface area is 153 Å². The van der Waals surface area contributed by atoms with Crippen molar-refractivity contribution in [3.63, 3.8) is 0 Å². The first-order chi connectivity index (χ1) is 12.5. The highest BCUT2D eigenvalue weighted by atomic mass is 16.5. The first kappa shape index (κ1) is 18.4. The third kappa shape index (κ3) is 4.04. The number of aromatic nitrogens is 3. The van der Waals surface area contributed by atoms with Crippen molar-refractivity contribution in [2.24, 2.45) is 11.7 Å². The van der Waals surface area contributed by atoms with Gasteiger partial charge in [0.05, 0.1) is 17.5 Å². The molecule has 1 fully saturated rings. The smallest absolute Gasteiger partial charge is 0.274 e. The van der Waals surface area contributed by atoms with Gasteiger partial charge in [-0.15, -0.1) is 5.10 Å². The van der Waals surface area contributed by atoms with Crippen molar-refractivity contribution in [1.82, 2.24) is 20.3 Å². The second kappa shape index (κ2) is 7.86. The zero-order chi connectivity index (χ0) is 18.7. The van der Waals surface area contributed by atoms with Gasteiger partial charge in [0.1, 0.15) is 5.75 Å². The highest BCUT2D eigenvalue weighted by molar-refractivity contribution is 5.93. The molecule has 2 aromatic rings. The Morgan fingerprint density at radius 1 is 1.35 bits per heavy atom. The van der Waals surface area contributed by atoms with Gasteiger partial charge in [-0.05, 0) is 63.3 Å². The molecular weight excluding hydrogens is 330 g/mol. The van der Waals surface area contributed by atoms with E-state index < -0.39 is 0 Å². The van der Waals surface area contributed by atoms with E-state index in [-0.39, 0.29) is 18.1 Å². The van der Waals surface area contributed by atoms with E-state index >= 15 is 0 Å². The van der Waals surface area contributed by atoms with Crippen LogP contribution in [0, 0.1) is 5.92 Å². The number of nitrogens with zero attached hydrogens (tertiary/aromatic N) is 3. The van der Waals surface area contributed by atoms with Crippen LogP contribution in [0.2, 0.25) is 0 Å². The van der Waals surface area contributed by atoms with Gasteiger partial charge in [0.15, 0.2) is 5.69 Å². The molecule has 3 N–H and O–H groups in total. The molecular formula is C19H27N5O2. The number of carbonyl (C=O) groups excluding carboxylic acids is 1. The van der Waals surface area contributed by atoms with Gasteiger partial charge in [-0.25, -0.2) is 4.68 Å². The third-order valence-electron chi connectivity index (χ3n) is 4.53. The Bertz CT molecular complexity index is 750. The first-order valence-electron chi connectivity index (χ1n) is 9.26. The second-order valence-corrected chi connectivity index (χ2v) is 6.96. The summed E-state index contributed by atoms with van der Waals surface area (Å²) in [6, 6.07) is 7.65. The standard InChI is InChI=1S/C19H27N5O2/c1-4-17-18(19(25)21-16(11-20)13-5-6-13)22-23-24(17)14-7-9-15(10-8-14)26-12(2)3/h7-10,12-13,16H,4-6,11,20H2,1-3H3,(H,21,25). The van der Waals surface area contributed by atoms with Crippen LogP contribution >= 0.6 is 0 Å². The normalized spacial score (nSPS) is 15.1. The van der Waals surface area contributed by atoms with Crippen LogP contribution in [0.3, 0.4) is 0 Å². The fraction of sp³-hybridized carbons (Fsp3) is 0.526. The Balaban J connectivity index is 1.80. The molecule has 1 aliphatic carbocycles. The molecule has 0 aliphatic heterocycles. The summed E-state index contributed by atoms with van der Waals surface area (Å²) >= 11 is 0. The van der Waals surface area contributed by atoms with Gasteiger partial charge in [0, 0.05) is 12.6 Å². The van der Waals surface area contributed by atoms with Crippen molar-refractivity contribution in [2.45, 2.75) is 52.2 Å². The molecule has 1 aromatic heterocycles. The van der Waals surface area contributed by atoms with Gasteiger partial charge in [0.25, 0.3) is 5.91 Å². The molecule has 0 spiro atoms. The van der Waals surface area contributed by atoms with Crippen LogP contribution in [-0.4, -0.2) is 39.6 Å². The average Bonchev–Trinajstić information content (AvgIpc) is 3.37. The minimum atomic E-state index is -0.199. The second-order valence-electron chi connectivity index (χ2n) is 6.96. The lowest BCUT2D eigenvalue weighted by atomic mass is 10.1. The Hall–Kier alpha value is -2.41. The fourth-order valence-electron chi connectivity index (χ4n) is 3.05. The third-order valence-corrected chi connectivity index (χ3v) is 4.53. The average molecular weight is 357 g/mol. The predicted octanol–water partition coefficient (Wildman–Crippen LogP) is 2.08. The summed E-state index contributed by atoms with van der Waals surface area (Å²) in [7, 11) is 0. The largest absolute Gasteiger partial charge is 0.491 e. The Morgan fingerprint density at radius 3 is 2.58 bits per heavy atom. The minimum Gasteiger partial charge on any atom is -0.491 e. The van der Waals surface area contributed by atoms with Gasteiger partial charge < -0.3 is 15.8 Å². The summed E-state index contributed by atoms with van der Waals surface area (Å²) in [6.45, 7) is 6.41. The van der Waals surface area contributed by atoms with Crippen molar-refractivity contribution in [2.75, 3.05) is 6.54 Å². The van der Waals surface area contributed by atoms with Gasteiger partial charge in [-0.2, -0.15) is 0 Å². The zero-order valence-corrected chi connectivity index (χ0v) is 15.6. The van der Waals surface area contributed by atoms with Gasteiger partial charge in [0.2, 0.25) is 0 Å². The van der Waals surface area contributed by atoms with Crippen LogP contribution in [0.5, 0.6) is 5.75 Å². The van der Waals surface area contributed by atoms with Crippen LogP contribution in [0.4, 0.5) is 0 Å². The number of nitrogens with two attached hydrogens (primary N) is 1. The van der Waals surface area contributed by atoms with Crippen LogP contribution < -0.4 is 15.8 Å². The van der Waals surface area contributed by atoms with Gasteiger partial charge in [-0.1, -0.05) is 12.1 Å².